The Morgan fingerprint density at radius 1 is 0.543 bits per heavy atom. The average molecular weight is 482 g/mol. The van der Waals surface area contributed by atoms with Crippen LogP contribution in [0.3, 0.4) is 0 Å². The van der Waals surface area contributed by atoms with Gasteiger partial charge in [0.25, 0.3) is 0 Å². The topological polar surface area (TPSA) is 114 Å². The normalized spacial score (nSPS) is 10.1. The molecule has 2 aromatic rings. The Bertz CT molecular complexity index is 975. The van der Waals surface area contributed by atoms with Crippen LogP contribution in [0.1, 0.15) is 41.4 Å². The van der Waals surface area contributed by atoms with Crippen LogP contribution in [0.25, 0.3) is 0 Å². The second-order valence-electron chi connectivity index (χ2n) is 6.75. The highest BCUT2D eigenvalue weighted by Crippen LogP contribution is 2.13. The van der Waals surface area contributed by atoms with E-state index in [9.17, 15) is 19.2 Å². The van der Waals surface area contributed by atoms with Crippen LogP contribution >= 0.6 is 0 Å². The van der Waals surface area contributed by atoms with E-state index in [0.29, 0.717) is 0 Å². The molecular formula is C26H26O9. The molecule has 0 unspecified atom stereocenters. The Balaban J connectivity index is 1.74. The molecule has 0 saturated heterocycles. The Labute approximate surface area is 202 Å². The third-order valence-corrected chi connectivity index (χ3v) is 4.32. The van der Waals surface area contributed by atoms with E-state index in [4.69, 9.17) is 23.7 Å². The van der Waals surface area contributed by atoms with Crippen molar-refractivity contribution in [1.29, 1.82) is 0 Å². The molecule has 2 aromatic carbocycles. The van der Waals surface area contributed by atoms with Crippen LogP contribution in [0, 0.1) is 0 Å². The van der Waals surface area contributed by atoms with Crippen LogP contribution in [0.4, 0.5) is 0 Å². The molecule has 9 nitrogen and oxygen atoms in total. The summed E-state index contributed by atoms with van der Waals surface area (Å²) in [5.74, 6) is -2.73. The summed E-state index contributed by atoms with van der Waals surface area (Å²) < 4.78 is 25.5. The minimum absolute atomic E-state index is 0.0195. The molecule has 2 rings (SSSR count). The molecule has 35 heavy (non-hydrogen) atoms. The SMILES string of the molecule is C=CCOC(=O)c1ccccc1C(=O)OCCOCCOC(=O)c1ccccc1C(=O)OCC=C. The largest absolute Gasteiger partial charge is 0.460 e. The van der Waals surface area contributed by atoms with E-state index >= 15 is 0 Å². The smallest absolute Gasteiger partial charge is 0.339 e. The van der Waals surface area contributed by atoms with Gasteiger partial charge >= 0.3 is 23.9 Å². The van der Waals surface area contributed by atoms with Gasteiger partial charge in [0.15, 0.2) is 0 Å². The lowest BCUT2D eigenvalue weighted by Crippen LogP contribution is -2.18. The van der Waals surface area contributed by atoms with Crippen LogP contribution in [-0.2, 0) is 23.7 Å². The Hall–Kier alpha value is -4.24. The number of carbonyl (C=O) groups is 4. The number of hydrogen-bond donors (Lipinski definition) is 0. The zero-order valence-corrected chi connectivity index (χ0v) is 19.1. The molecule has 0 aliphatic carbocycles. The highest BCUT2D eigenvalue weighted by Gasteiger charge is 2.20. The Kier molecular flexibility index (Phi) is 11.4. The third-order valence-electron chi connectivity index (χ3n) is 4.32. The molecule has 0 aromatic heterocycles. The van der Waals surface area contributed by atoms with Gasteiger partial charge in [-0.2, -0.15) is 0 Å². The predicted octanol–water partition coefficient (Wildman–Crippen LogP) is 3.40. The molecule has 0 atom stereocenters. The van der Waals surface area contributed by atoms with E-state index in [0.717, 1.165) is 0 Å². The van der Waals surface area contributed by atoms with Crippen LogP contribution in [-0.4, -0.2) is 63.5 Å². The van der Waals surface area contributed by atoms with E-state index in [1.54, 1.807) is 24.3 Å². The van der Waals surface area contributed by atoms with Gasteiger partial charge in [0, 0.05) is 0 Å². The molecule has 0 amide bonds. The fraction of sp³-hybridized carbons (Fsp3) is 0.231. The molecule has 9 heteroatoms. The average Bonchev–Trinajstić information content (AvgIpc) is 2.89. The first-order chi connectivity index (χ1) is 17.0. The van der Waals surface area contributed by atoms with E-state index in [1.165, 1.54) is 36.4 Å². The number of esters is 4. The molecule has 0 aliphatic rings. The van der Waals surface area contributed by atoms with E-state index in [-0.39, 0.29) is 61.9 Å². The molecule has 0 saturated carbocycles. The van der Waals surface area contributed by atoms with Crippen LogP contribution in [0.2, 0.25) is 0 Å². The van der Waals surface area contributed by atoms with Gasteiger partial charge in [0.2, 0.25) is 0 Å². The van der Waals surface area contributed by atoms with Crippen LogP contribution < -0.4 is 0 Å². The molecular weight excluding hydrogens is 456 g/mol. The van der Waals surface area contributed by atoms with Crippen LogP contribution in [0.15, 0.2) is 73.8 Å². The first-order valence-corrected chi connectivity index (χ1v) is 10.7. The fourth-order valence-corrected chi connectivity index (χ4v) is 2.75. The predicted molar refractivity (Wildman–Crippen MR) is 125 cm³/mol. The van der Waals surface area contributed by atoms with Gasteiger partial charge in [-0.05, 0) is 24.3 Å². The van der Waals surface area contributed by atoms with Gasteiger partial charge < -0.3 is 23.7 Å². The summed E-state index contributed by atoms with van der Waals surface area (Å²) in [5.41, 5.74) is 0.309. The summed E-state index contributed by atoms with van der Waals surface area (Å²) in [6.07, 6.45) is 2.84. The molecule has 0 radical (unpaired) electrons. The molecule has 0 fully saturated rings. The van der Waals surface area contributed by atoms with E-state index in [2.05, 4.69) is 13.2 Å². The summed E-state index contributed by atoms with van der Waals surface area (Å²) >= 11 is 0. The Morgan fingerprint density at radius 2 is 0.857 bits per heavy atom. The van der Waals surface area contributed by atoms with Crippen molar-refractivity contribution >= 4 is 23.9 Å². The number of benzene rings is 2. The molecule has 0 bridgehead atoms. The second kappa shape index (κ2) is 14.8. The molecule has 0 aliphatic heterocycles. The van der Waals surface area contributed by atoms with Crippen molar-refractivity contribution in [3.05, 3.63) is 96.1 Å². The van der Waals surface area contributed by atoms with Crippen molar-refractivity contribution in [3.8, 4) is 0 Å². The van der Waals surface area contributed by atoms with Crippen molar-refractivity contribution in [1.82, 2.24) is 0 Å². The van der Waals surface area contributed by atoms with E-state index < -0.39 is 23.9 Å². The van der Waals surface area contributed by atoms with Crippen LogP contribution in [0.5, 0.6) is 0 Å². The zero-order valence-electron chi connectivity index (χ0n) is 19.1. The summed E-state index contributed by atoms with van der Waals surface area (Å²) in [4.78, 5) is 48.8. The lowest BCUT2D eigenvalue weighted by atomic mass is 10.1. The Morgan fingerprint density at radius 3 is 1.17 bits per heavy atom. The third kappa shape index (κ3) is 8.56. The van der Waals surface area contributed by atoms with Gasteiger partial charge in [-0.15, -0.1) is 0 Å². The minimum atomic E-state index is -0.703. The number of carbonyl (C=O) groups excluding carboxylic acids is 4. The lowest BCUT2D eigenvalue weighted by molar-refractivity contribution is 0.0146. The van der Waals surface area contributed by atoms with Crippen molar-refractivity contribution < 1.29 is 42.9 Å². The van der Waals surface area contributed by atoms with Gasteiger partial charge in [-0.3, -0.25) is 0 Å². The first kappa shape index (κ1) is 27.0. The molecule has 184 valence electrons. The number of hydrogen-bond acceptors (Lipinski definition) is 9. The first-order valence-electron chi connectivity index (χ1n) is 10.7. The molecule has 0 heterocycles. The van der Waals surface area contributed by atoms with Gasteiger partial charge in [0.05, 0.1) is 35.5 Å². The van der Waals surface area contributed by atoms with Gasteiger partial charge in [-0.25, -0.2) is 19.2 Å². The van der Waals surface area contributed by atoms with Crippen molar-refractivity contribution in [2.75, 3.05) is 39.6 Å². The van der Waals surface area contributed by atoms with Crippen molar-refractivity contribution in [2.45, 2.75) is 0 Å². The maximum atomic E-state index is 12.3. The van der Waals surface area contributed by atoms with Crippen molar-refractivity contribution in [2.24, 2.45) is 0 Å². The van der Waals surface area contributed by atoms with Gasteiger partial charge in [-0.1, -0.05) is 49.6 Å². The molecule has 0 N–H and O–H groups in total. The zero-order chi connectivity index (χ0) is 25.5. The summed E-state index contributed by atoms with van der Waals surface area (Å²) in [5, 5.41) is 0. The standard InChI is InChI=1S/C26H26O9/c1-3-13-32-23(27)19-9-5-7-11-21(19)25(29)34-17-15-31-16-18-35-26(30)22-12-8-6-10-20(22)24(28)33-14-4-2/h3-12H,1-2,13-18H2. The minimum Gasteiger partial charge on any atom is -0.460 e. The maximum absolute atomic E-state index is 12.3. The summed E-state index contributed by atoms with van der Waals surface area (Å²) in [6, 6.07) is 12.2. The highest BCUT2D eigenvalue weighted by atomic mass is 16.6. The summed E-state index contributed by atoms with van der Waals surface area (Å²) in [7, 11) is 0. The summed E-state index contributed by atoms with van der Waals surface area (Å²) in [6.45, 7) is 6.89. The second-order valence-corrected chi connectivity index (χ2v) is 6.75. The monoisotopic (exact) mass is 482 g/mol. The maximum Gasteiger partial charge on any atom is 0.339 e. The van der Waals surface area contributed by atoms with Crippen molar-refractivity contribution in [3.63, 3.8) is 0 Å². The fourth-order valence-electron chi connectivity index (χ4n) is 2.75. The van der Waals surface area contributed by atoms with Gasteiger partial charge in [0.1, 0.15) is 26.4 Å². The quantitative estimate of drug-likeness (QED) is 0.173. The molecule has 0 spiro atoms. The number of rotatable bonds is 14. The highest BCUT2D eigenvalue weighted by molar-refractivity contribution is 6.03. The number of ether oxygens (including phenoxy) is 5. The van der Waals surface area contributed by atoms with E-state index in [1.807, 2.05) is 0 Å². The lowest BCUT2D eigenvalue weighted by Gasteiger charge is -2.10.